The number of amides is 3. The molecule has 1 aromatic carbocycles. The fourth-order valence-corrected chi connectivity index (χ4v) is 3.91. The summed E-state index contributed by atoms with van der Waals surface area (Å²) in [5.41, 5.74) is 1.04. The van der Waals surface area contributed by atoms with Crippen LogP contribution in [0.1, 0.15) is 44.2 Å². The van der Waals surface area contributed by atoms with Gasteiger partial charge >= 0.3 is 6.09 Å². The summed E-state index contributed by atoms with van der Waals surface area (Å²) in [6.45, 7) is 3.61. The number of aromatic amines is 1. The monoisotopic (exact) mass is 540 g/mol. The highest BCUT2D eigenvalue weighted by Gasteiger charge is 2.22. The Morgan fingerprint density at radius 2 is 1.95 bits per heavy atom. The molecule has 0 aliphatic carbocycles. The predicted octanol–water partition coefficient (Wildman–Crippen LogP) is 3.44. The van der Waals surface area contributed by atoms with E-state index >= 15 is 0 Å². The maximum atomic E-state index is 14.8. The number of anilines is 1. The minimum Gasteiger partial charge on any atom is -0.465 e. The number of nitrogens with one attached hydrogen (secondary N) is 3. The Balaban J connectivity index is 1.76. The van der Waals surface area contributed by atoms with Gasteiger partial charge in [0.25, 0.3) is 5.56 Å². The van der Waals surface area contributed by atoms with Gasteiger partial charge in [-0.05, 0) is 43.0 Å². The van der Waals surface area contributed by atoms with Crippen molar-refractivity contribution in [1.29, 1.82) is 0 Å². The number of hydrogen-bond acceptors (Lipinski definition) is 5. The first-order valence-electron chi connectivity index (χ1n) is 12.5. The van der Waals surface area contributed by atoms with E-state index in [2.05, 4.69) is 20.6 Å². The summed E-state index contributed by atoms with van der Waals surface area (Å²) >= 11 is 0. The first-order chi connectivity index (χ1) is 18.5. The van der Waals surface area contributed by atoms with Gasteiger partial charge in [-0.2, -0.15) is 0 Å². The number of para-hydroxylation sites is 1. The number of aromatic nitrogens is 3. The van der Waals surface area contributed by atoms with E-state index in [1.165, 1.54) is 27.8 Å². The number of benzene rings is 1. The Kier molecular flexibility index (Phi) is 9.58. The Labute approximate surface area is 224 Å². The minimum atomic E-state index is -1.40. The van der Waals surface area contributed by atoms with Crippen LogP contribution in [-0.2, 0) is 16.1 Å². The number of alkyl halides is 1. The van der Waals surface area contributed by atoms with Crippen LogP contribution in [0, 0.1) is 5.92 Å². The summed E-state index contributed by atoms with van der Waals surface area (Å²) in [6, 6.07) is 7.04. The quantitative estimate of drug-likeness (QED) is 0.274. The summed E-state index contributed by atoms with van der Waals surface area (Å²) in [7, 11) is 3.19. The molecule has 12 heteroatoms. The van der Waals surface area contributed by atoms with Gasteiger partial charge in [-0.25, -0.2) is 14.2 Å². The molecule has 0 saturated heterocycles. The van der Waals surface area contributed by atoms with Crippen LogP contribution in [0.15, 0.2) is 53.5 Å². The number of likely N-dealkylation sites (N-methyl/N-ethyl adjacent to an activating group) is 1. The Hall–Kier alpha value is -4.48. The summed E-state index contributed by atoms with van der Waals surface area (Å²) in [5.74, 6) is -0.745. The van der Waals surface area contributed by atoms with Gasteiger partial charge in [-0.3, -0.25) is 14.4 Å². The van der Waals surface area contributed by atoms with Crippen molar-refractivity contribution >= 4 is 34.6 Å². The van der Waals surface area contributed by atoms with Gasteiger partial charge in [-0.15, -0.1) is 0 Å². The number of hydrogen-bond donors (Lipinski definition) is 4. The van der Waals surface area contributed by atoms with Gasteiger partial charge in [0.2, 0.25) is 11.8 Å². The van der Waals surface area contributed by atoms with E-state index in [1.807, 2.05) is 0 Å². The summed E-state index contributed by atoms with van der Waals surface area (Å²) in [5, 5.41) is 13.8. The second-order valence-electron chi connectivity index (χ2n) is 9.63. The van der Waals surface area contributed by atoms with Crippen molar-refractivity contribution in [3.8, 4) is 0 Å². The summed E-state index contributed by atoms with van der Waals surface area (Å²) < 4.78 is 16.1. The lowest BCUT2D eigenvalue weighted by Crippen LogP contribution is -2.44. The van der Waals surface area contributed by atoms with Crippen LogP contribution < -0.4 is 16.2 Å². The number of carbonyl (C=O) groups excluding carboxylic acids is 2. The Morgan fingerprint density at radius 1 is 1.21 bits per heavy atom. The molecule has 0 spiro atoms. The number of nitrogens with zero attached hydrogens (tertiary/aromatic N) is 3. The van der Waals surface area contributed by atoms with Gasteiger partial charge in [0.05, 0.1) is 17.6 Å². The Bertz CT molecular complexity index is 1430. The van der Waals surface area contributed by atoms with E-state index in [9.17, 15) is 23.6 Å². The van der Waals surface area contributed by atoms with Crippen LogP contribution in [0.4, 0.5) is 14.9 Å². The third kappa shape index (κ3) is 7.53. The number of allylic oxidation sites excluding steroid dienone is 1. The van der Waals surface area contributed by atoms with Crippen molar-refractivity contribution in [2.45, 2.75) is 45.4 Å². The molecule has 4 N–H and O–H groups in total. The molecule has 208 valence electrons. The van der Waals surface area contributed by atoms with E-state index in [4.69, 9.17) is 5.11 Å². The largest absolute Gasteiger partial charge is 0.465 e. The highest BCUT2D eigenvalue weighted by atomic mass is 19.1. The van der Waals surface area contributed by atoms with Gasteiger partial charge < -0.3 is 30.2 Å². The molecule has 0 radical (unpaired) electrons. The topological polar surface area (TPSA) is 149 Å². The zero-order chi connectivity index (χ0) is 28.7. The Morgan fingerprint density at radius 3 is 2.62 bits per heavy atom. The fourth-order valence-electron chi connectivity index (χ4n) is 3.91. The van der Waals surface area contributed by atoms with Crippen LogP contribution in [0.2, 0.25) is 0 Å². The van der Waals surface area contributed by atoms with Gasteiger partial charge in [0, 0.05) is 25.9 Å². The molecule has 2 atom stereocenters. The molecular weight excluding hydrogens is 507 g/mol. The number of imidazole rings is 1. The highest BCUT2D eigenvalue weighted by molar-refractivity contribution is 5.96. The average Bonchev–Trinajstić information content (AvgIpc) is 3.29. The molecule has 39 heavy (non-hydrogen) atoms. The lowest BCUT2D eigenvalue weighted by molar-refractivity contribution is -0.123. The smallest absolute Gasteiger partial charge is 0.405 e. The van der Waals surface area contributed by atoms with E-state index in [0.717, 1.165) is 0 Å². The van der Waals surface area contributed by atoms with Crippen molar-refractivity contribution in [3.63, 3.8) is 0 Å². The van der Waals surface area contributed by atoms with E-state index < -0.39 is 29.8 Å². The van der Waals surface area contributed by atoms with Gasteiger partial charge in [0.15, 0.2) is 0 Å². The minimum absolute atomic E-state index is 0.0385. The number of fused-ring (bicyclic) bond motifs is 1. The van der Waals surface area contributed by atoms with E-state index in [1.54, 1.807) is 58.3 Å². The molecule has 0 aliphatic heterocycles. The normalized spacial score (nSPS) is 13.0. The third-order valence-electron chi connectivity index (χ3n) is 6.01. The number of rotatable bonds is 11. The zero-order valence-corrected chi connectivity index (χ0v) is 22.3. The number of pyridine rings is 1. The molecule has 3 rings (SSSR count). The predicted molar refractivity (Wildman–Crippen MR) is 145 cm³/mol. The fraction of sp³-hybridized carbons (Fsp3) is 0.370. The molecule has 11 nitrogen and oxygen atoms in total. The van der Waals surface area contributed by atoms with Crippen LogP contribution in [0.3, 0.4) is 0 Å². The molecule has 0 aliphatic rings. The number of H-pyrrole nitrogens is 1. The number of carboxylic acid groups (broad SMARTS) is 1. The molecule has 2 aromatic heterocycles. The zero-order valence-electron chi connectivity index (χ0n) is 22.3. The van der Waals surface area contributed by atoms with Crippen molar-refractivity contribution in [1.82, 2.24) is 24.8 Å². The lowest BCUT2D eigenvalue weighted by atomic mass is 9.99. The average molecular weight is 541 g/mol. The molecule has 2 heterocycles. The van der Waals surface area contributed by atoms with Gasteiger partial charge in [-0.1, -0.05) is 32.1 Å². The third-order valence-corrected chi connectivity index (χ3v) is 6.01. The van der Waals surface area contributed by atoms with Gasteiger partial charge in [0.1, 0.15) is 23.7 Å². The summed E-state index contributed by atoms with van der Waals surface area (Å²) in [6.07, 6.45) is 2.15. The molecule has 0 saturated carbocycles. The number of carbonyl (C=O) groups is 3. The van der Waals surface area contributed by atoms with Crippen molar-refractivity contribution in [2.75, 3.05) is 19.4 Å². The van der Waals surface area contributed by atoms with Crippen molar-refractivity contribution in [2.24, 2.45) is 5.92 Å². The standard InChI is InChI=1S/C27H33FN6O5/c1-16(2)23(28)17-9-7-11-18-24(17)32-21(29-18)15-34-14-8-12-20(26(34)37)30-25(36)19(31-27(38)39)10-5-6-13-22(35)33(3)4/h6-9,11-14,16,19,23,31H,5,10,15H2,1-4H3,(H,29,32)(H,30,36)(H,38,39)/b13-6+. The highest BCUT2D eigenvalue weighted by Crippen LogP contribution is 2.30. The first kappa shape index (κ1) is 29.1. The van der Waals surface area contributed by atoms with Crippen molar-refractivity contribution in [3.05, 3.63) is 70.4 Å². The van der Waals surface area contributed by atoms with Crippen molar-refractivity contribution < 1.29 is 23.9 Å². The lowest BCUT2D eigenvalue weighted by Gasteiger charge is -2.16. The molecule has 3 amide bonds. The van der Waals surface area contributed by atoms with E-state index in [-0.39, 0.29) is 36.9 Å². The molecule has 2 unspecified atom stereocenters. The summed E-state index contributed by atoms with van der Waals surface area (Å²) in [4.78, 5) is 57.8. The maximum absolute atomic E-state index is 14.8. The first-order valence-corrected chi connectivity index (χ1v) is 12.5. The van der Waals surface area contributed by atoms with Crippen LogP contribution in [0.25, 0.3) is 11.0 Å². The number of halogens is 1. The molecule has 3 aromatic rings. The SMILES string of the molecule is CC(C)C(F)c1cccc2[nH]c(Cn3cccc(NC(=O)C(CC/C=C/C(=O)N(C)C)NC(=O)O)c3=O)nc12. The molecule has 0 bridgehead atoms. The van der Waals surface area contributed by atoms with Crippen LogP contribution in [-0.4, -0.2) is 62.6 Å². The van der Waals surface area contributed by atoms with Crippen LogP contribution >= 0.6 is 0 Å². The van der Waals surface area contributed by atoms with Crippen LogP contribution in [0.5, 0.6) is 0 Å². The molecular formula is C27H33FN6O5. The second-order valence-corrected chi connectivity index (χ2v) is 9.63. The maximum Gasteiger partial charge on any atom is 0.405 e. The molecule has 0 fully saturated rings. The second kappa shape index (κ2) is 12.9. The van der Waals surface area contributed by atoms with E-state index in [0.29, 0.717) is 22.4 Å².